The lowest BCUT2D eigenvalue weighted by Crippen LogP contribution is -2.53. The quantitative estimate of drug-likeness (QED) is 0.885. The van der Waals surface area contributed by atoms with Gasteiger partial charge >= 0.3 is 0 Å². The lowest BCUT2D eigenvalue weighted by molar-refractivity contribution is -0.127. The third kappa shape index (κ3) is 2.51. The fourth-order valence-corrected chi connectivity index (χ4v) is 2.82. The third-order valence-electron chi connectivity index (χ3n) is 3.83. The van der Waals surface area contributed by atoms with Gasteiger partial charge in [-0.1, -0.05) is 60.7 Å². The van der Waals surface area contributed by atoms with Crippen LogP contribution in [0, 0.1) is 17.2 Å². The zero-order valence-corrected chi connectivity index (χ0v) is 11.4. The van der Waals surface area contributed by atoms with E-state index in [0.29, 0.717) is 0 Å². The minimum Gasteiger partial charge on any atom is -0.290 e. The largest absolute Gasteiger partial charge is 0.290 e. The molecule has 3 unspecified atom stereocenters. The molecular weight excluding hydrogens is 262 g/mol. The van der Waals surface area contributed by atoms with Crippen LogP contribution in [0.1, 0.15) is 23.1 Å². The molecule has 1 fully saturated rings. The molecule has 4 nitrogen and oxygen atoms in total. The highest BCUT2D eigenvalue weighted by molar-refractivity contribution is 5.83. The predicted molar refractivity (Wildman–Crippen MR) is 78.7 cm³/mol. The van der Waals surface area contributed by atoms with Crippen LogP contribution in [0.5, 0.6) is 0 Å². The molecule has 0 saturated carbocycles. The highest BCUT2D eigenvalue weighted by Gasteiger charge is 2.40. The van der Waals surface area contributed by atoms with Crippen molar-refractivity contribution in [1.82, 2.24) is 10.9 Å². The maximum Gasteiger partial charge on any atom is 0.252 e. The lowest BCUT2D eigenvalue weighted by atomic mass is 9.77. The second-order valence-corrected chi connectivity index (χ2v) is 5.07. The maximum absolute atomic E-state index is 12.0. The van der Waals surface area contributed by atoms with E-state index >= 15 is 0 Å². The molecule has 3 rings (SSSR count). The van der Waals surface area contributed by atoms with Gasteiger partial charge in [-0.3, -0.25) is 10.2 Å². The number of hydrogen-bond acceptors (Lipinski definition) is 3. The number of rotatable bonds is 2. The van der Waals surface area contributed by atoms with Crippen LogP contribution in [0.3, 0.4) is 0 Å². The molecule has 21 heavy (non-hydrogen) atoms. The van der Waals surface area contributed by atoms with Crippen molar-refractivity contribution in [2.24, 2.45) is 5.92 Å². The van der Waals surface area contributed by atoms with Crippen molar-refractivity contribution in [3.05, 3.63) is 71.8 Å². The molecule has 0 bridgehead atoms. The molecule has 4 heteroatoms. The van der Waals surface area contributed by atoms with Gasteiger partial charge in [-0.25, -0.2) is 5.43 Å². The van der Waals surface area contributed by atoms with Crippen molar-refractivity contribution in [2.45, 2.75) is 12.0 Å². The van der Waals surface area contributed by atoms with E-state index in [1.807, 2.05) is 60.7 Å². The van der Waals surface area contributed by atoms with Gasteiger partial charge in [0.05, 0.1) is 12.1 Å². The third-order valence-corrected chi connectivity index (χ3v) is 3.83. The number of benzene rings is 2. The van der Waals surface area contributed by atoms with E-state index < -0.39 is 5.92 Å². The van der Waals surface area contributed by atoms with Gasteiger partial charge in [0.2, 0.25) is 0 Å². The van der Waals surface area contributed by atoms with Crippen LogP contribution in [0.15, 0.2) is 60.7 Å². The normalized spacial score (nSPS) is 24.9. The summed E-state index contributed by atoms with van der Waals surface area (Å²) in [5, 5.41) is 9.42. The van der Waals surface area contributed by atoms with Crippen molar-refractivity contribution in [3.63, 3.8) is 0 Å². The van der Waals surface area contributed by atoms with Crippen LogP contribution in [0.4, 0.5) is 0 Å². The molecule has 1 saturated heterocycles. The molecule has 2 N–H and O–H groups in total. The number of amides is 1. The Balaban J connectivity index is 2.06. The Kier molecular flexibility index (Phi) is 3.67. The Hall–Kier alpha value is -2.64. The fourth-order valence-electron chi connectivity index (χ4n) is 2.82. The van der Waals surface area contributed by atoms with E-state index in [4.69, 9.17) is 0 Å². The van der Waals surface area contributed by atoms with Crippen molar-refractivity contribution < 1.29 is 4.79 Å². The second-order valence-electron chi connectivity index (χ2n) is 5.07. The summed E-state index contributed by atoms with van der Waals surface area (Å²) in [6, 6.07) is 21.6. The smallest absolute Gasteiger partial charge is 0.252 e. The van der Waals surface area contributed by atoms with E-state index in [-0.39, 0.29) is 17.9 Å². The van der Waals surface area contributed by atoms with Crippen molar-refractivity contribution in [1.29, 1.82) is 5.26 Å². The van der Waals surface area contributed by atoms with E-state index in [1.54, 1.807) is 0 Å². The predicted octanol–water partition coefficient (Wildman–Crippen LogP) is 2.29. The molecule has 1 aliphatic rings. The summed E-state index contributed by atoms with van der Waals surface area (Å²) in [6.07, 6.45) is 0. The molecule has 0 aliphatic carbocycles. The summed E-state index contributed by atoms with van der Waals surface area (Å²) >= 11 is 0. The van der Waals surface area contributed by atoms with Crippen molar-refractivity contribution in [3.8, 4) is 6.07 Å². The number of nitrogens with one attached hydrogen (secondary N) is 2. The average Bonchev–Trinajstić information content (AvgIpc) is 2.56. The first-order valence-electron chi connectivity index (χ1n) is 6.86. The summed E-state index contributed by atoms with van der Waals surface area (Å²) in [6.45, 7) is 0. The summed E-state index contributed by atoms with van der Waals surface area (Å²) in [7, 11) is 0. The first-order chi connectivity index (χ1) is 10.3. The number of nitrogens with zero attached hydrogens (tertiary/aromatic N) is 1. The van der Waals surface area contributed by atoms with Crippen LogP contribution >= 0.6 is 0 Å². The van der Waals surface area contributed by atoms with Gasteiger partial charge in [-0.15, -0.1) is 0 Å². The topological polar surface area (TPSA) is 64.9 Å². The van der Waals surface area contributed by atoms with Crippen LogP contribution < -0.4 is 10.9 Å². The van der Waals surface area contributed by atoms with Crippen LogP contribution in [0.25, 0.3) is 0 Å². The number of hydrazine groups is 1. The highest BCUT2D eigenvalue weighted by Crippen LogP contribution is 2.38. The molecular formula is C17H15N3O. The molecule has 2 aromatic rings. The second kappa shape index (κ2) is 5.78. The number of hydrogen-bond donors (Lipinski definition) is 2. The number of carbonyl (C=O) groups is 1. The maximum atomic E-state index is 12.0. The summed E-state index contributed by atoms with van der Waals surface area (Å²) < 4.78 is 0. The Morgan fingerprint density at radius 2 is 1.48 bits per heavy atom. The molecule has 1 aliphatic heterocycles. The highest BCUT2D eigenvalue weighted by atomic mass is 16.2. The van der Waals surface area contributed by atoms with Crippen molar-refractivity contribution in [2.75, 3.05) is 0 Å². The van der Waals surface area contributed by atoms with Gasteiger partial charge in [0, 0.05) is 5.92 Å². The van der Waals surface area contributed by atoms with Gasteiger partial charge < -0.3 is 0 Å². The van der Waals surface area contributed by atoms with E-state index in [9.17, 15) is 10.1 Å². The monoisotopic (exact) mass is 277 g/mol. The lowest BCUT2D eigenvalue weighted by Gasteiger charge is -2.36. The Labute approximate surface area is 123 Å². The average molecular weight is 277 g/mol. The molecule has 104 valence electrons. The van der Waals surface area contributed by atoms with E-state index in [1.165, 1.54) is 0 Å². The van der Waals surface area contributed by atoms with E-state index in [2.05, 4.69) is 16.9 Å². The first kappa shape index (κ1) is 13.3. The molecule has 0 spiro atoms. The summed E-state index contributed by atoms with van der Waals surface area (Å²) in [5.41, 5.74) is 7.70. The Morgan fingerprint density at radius 1 is 0.905 bits per heavy atom. The van der Waals surface area contributed by atoms with Crippen LogP contribution in [-0.2, 0) is 4.79 Å². The number of nitriles is 1. The van der Waals surface area contributed by atoms with Gasteiger partial charge in [-0.05, 0) is 11.1 Å². The van der Waals surface area contributed by atoms with Crippen LogP contribution in [-0.4, -0.2) is 5.91 Å². The molecule has 0 radical (unpaired) electrons. The zero-order valence-electron chi connectivity index (χ0n) is 11.4. The molecule has 1 heterocycles. The van der Waals surface area contributed by atoms with E-state index in [0.717, 1.165) is 11.1 Å². The van der Waals surface area contributed by atoms with Gasteiger partial charge in [0.25, 0.3) is 5.91 Å². The SMILES string of the molecule is N#CC1C(=O)NNC(c2ccccc2)C1c1ccccc1. The Bertz CT molecular complexity index is 663. The standard InChI is InChI=1S/C17H15N3O/c18-11-14-15(12-7-3-1-4-8-12)16(19-20-17(14)21)13-9-5-2-6-10-13/h1-10,14-16,19H,(H,20,21). The molecule has 1 amide bonds. The van der Waals surface area contributed by atoms with Crippen molar-refractivity contribution >= 4 is 5.91 Å². The first-order valence-corrected chi connectivity index (χ1v) is 6.86. The van der Waals surface area contributed by atoms with Crippen LogP contribution in [0.2, 0.25) is 0 Å². The summed E-state index contributed by atoms with van der Waals surface area (Å²) in [4.78, 5) is 12.0. The fraction of sp³-hybridized carbons (Fsp3) is 0.176. The molecule has 3 atom stereocenters. The Morgan fingerprint density at radius 3 is 2.05 bits per heavy atom. The minimum atomic E-state index is -0.709. The minimum absolute atomic E-state index is 0.129. The van der Waals surface area contributed by atoms with Gasteiger partial charge in [0.15, 0.2) is 0 Å². The summed E-state index contributed by atoms with van der Waals surface area (Å²) in [5.74, 6) is -1.20. The zero-order chi connectivity index (χ0) is 14.7. The molecule has 0 aromatic heterocycles. The van der Waals surface area contributed by atoms with Gasteiger partial charge in [0.1, 0.15) is 5.92 Å². The molecule has 2 aromatic carbocycles. The van der Waals surface area contributed by atoms with Gasteiger partial charge in [-0.2, -0.15) is 5.26 Å². The number of carbonyl (C=O) groups excluding carboxylic acids is 1.